The van der Waals surface area contributed by atoms with E-state index in [0.29, 0.717) is 12.0 Å². The van der Waals surface area contributed by atoms with Crippen molar-refractivity contribution < 1.29 is 9.90 Å². The predicted octanol–water partition coefficient (Wildman–Crippen LogP) is 1.98. The molecular weight excluding hydrogens is 240 g/mol. The maximum atomic E-state index is 11.8. The molecule has 2 N–H and O–H groups in total. The van der Waals surface area contributed by atoms with Crippen LogP contribution in [-0.4, -0.2) is 28.2 Å². The molecule has 100 valence electrons. The van der Waals surface area contributed by atoms with E-state index in [0.717, 1.165) is 5.69 Å². The summed E-state index contributed by atoms with van der Waals surface area (Å²) in [7, 11) is 0. The molecule has 0 fully saturated rings. The van der Waals surface area contributed by atoms with E-state index >= 15 is 0 Å². The van der Waals surface area contributed by atoms with Crippen LogP contribution >= 0.6 is 0 Å². The number of aliphatic hydroxyl groups excluding tert-OH is 1. The molecule has 0 spiro atoms. The highest BCUT2D eigenvalue weighted by Gasteiger charge is 2.07. The van der Waals surface area contributed by atoms with Gasteiger partial charge in [-0.3, -0.25) is 4.79 Å². The Morgan fingerprint density at radius 1 is 1.26 bits per heavy atom. The summed E-state index contributed by atoms with van der Waals surface area (Å²) in [6, 6.07) is 11.3. The van der Waals surface area contributed by atoms with Gasteiger partial charge in [0.2, 0.25) is 0 Å². The quantitative estimate of drug-likeness (QED) is 0.861. The van der Waals surface area contributed by atoms with Crippen molar-refractivity contribution in [2.24, 2.45) is 0 Å². The number of aromatic nitrogens is 1. The highest BCUT2D eigenvalue weighted by Crippen LogP contribution is 2.10. The van der Waals surface area contributed by atoms with Gasteiger partial charge < -0.3 is 15.0 Å². The zero-order valence-corrected chi connectivity index (χ0v) is 10.9. The number of carbonyl (C=O) groups excluding carboxylic acids is 1. The van der Waals surface area contributed by atoms with Crippen molar-refractivity contribution in [3.8, 4) is 5.69 Å². The Labute approximate surface area is 112 Å². The van der Waals surface area contributed by atoms with Crippen LogP contribution in [0, 0.1) is 0 Å². The number of hydrogen-bond donors (Lipinski definition) is 2. The largest absolute Gasteiger partial charge is 0.391 e. The molecule has 1 aromatic carbocycles. The Balaban J connectivity index is 2.00. The van der Waals surface area contributed by atoms with E-state index < -0.39 is 6.10 Å². The van der Waals surface area contributed by atoms with Crippen molar-refractivity contribution in [3.05, 3.63) is 54.4 Å². The van der Waals surface area contributed by atoms with Gasteiger partial charge in [0, 0.05) is 30.2 Å². The molecule has 2 aromatic rings. The average Bonchev–Trinajstić information content (AvgIpc) is 2.98. The van der Waals surface area contributed by atoms with Gasteiger partial charge in [-0.15, -0.1) is 0 Å². The summed E-state index contributed by atoms with van der Waals surface area (Å²) in [6.07, 6.45) is 4.05. The van der Waals surface area contributed by atoms with Gasteiger partial charge in [-0.1, -0.05) is 6.92 Å². The third kappa shape index (κ3) is 3.45. The third-order valence-corrected chi connectivity index (χ3v) is 3.00. The maximum Gasteiger partial charge on any atom is 0.251 e. The SMILES string of the molecule is CCC(O)CNC(=O)c1ccc(-n2cccc2)cc1. The smallest absolute Gasteiger partial charge is 0.251 e. The summed E-state index contributed by atoms with van der Waals surface area (Å²) in [5.74, 6) is -0.161. The molecule has 19 heavy (non-hydrogen) atoms. The molecule has 0 saturated carbocycles. The van der Waals surface area contributed by atoms with Crippen LogP contribution in [0.2, 0.25) is 0 Å². The molecule has 4 heteroatoms. The summed E-state index contributed by atoms with van der Waals surface area (Å²) in [6.45, 7) is 2.16. The van der Waals surface area contributed by atoms with E-state index in [4.69, 9.17) is 0 Å². The summed E-state index contributed by atoms with van der Waals surface area (Å²) >= 11 is 0. The molecule has 0 aliphatic carbocycles. The lowest BCUT2D eigenvalue weighted by atomic mass is 10.2. The van der Waals surface area contributed by atoms with Crippen LogP contribution in [-0.2, 0) is 0 Å². The number of rotatable bonds is 5. The van der Waals surface area contributed by atoms with Gasteiger partial charge in [0.1, 0.15) is 0 Å². The number of amides is 1. The van der Waals surface area contributed by atoms with E-state index in [2.05, 4.69) is 5.32 Å². The first-order valence-electron chi connectivity index (χ1n) is 6.40. The molecule has 1 aromatic heterocycles. The van der Waals surface area contributed by atoms with Crippen molar-refractivity contribution in [1.82, 2.24) is 9.88 Å². The lowest BCUT2D eigenvalue weighted by Gasteiger charge is -2.10. The van der Waals surface area contributed by atoms with Gasteiger partial charge in [-0.2, -0.15) is 0 Å². The summed E-state index contributed by atoms with van der Waals surface area (Å²) in [5.41, 5.74) is 1.61. The second-order valence-electron chi connectivity index (χ2n) is 4.41. The maximum absolute atomic E-state index is 11.8. The van der Waals surface area contributed by atoms with Crippen molar-refractivity contribution in [3.63, 3.8) is 0 Å². The van der Waals surface area contributed by atoms with Crippen molar-refractivity contribution >= 4 is 5.91 Å². The number of hydrogen-bond acceptors (Lipinski definition) is 2. The molecule has 1 heterocycles. The first kappa shape index (κ1) is 13.4. The molecule has 0 aliphatic heterocycles. The number of carbonyl (C=O) groups is 1. The Hall–Kier alpha value is -2.07. The molecule has 0 saturated heterocycles. The zero-order valence-electron chi connectivity index (χ0n) is 10.9. The van der Waals surface area contributed by atoms with E-state index in [9.17, 15) is 9.90 Å². The molecule has 0 bridgehead atoms. The number of nitrogens with zero attached hydrogens (tertiary/aromatic N) is 1. The Morgan fingerprint density at radius 3 is 2.47 bits per heavy atom. The highest BCUT2D eigenvalue weighted by atomic mass is 16.3. The summed E-state index contributed by atoms with van der Waals surface area (Å²) < 4.78 is 1.97. The fourth-order valence-electron chi connectivity index (χ4n) is 1.75. The minimum absolute atomic E-state index is 0.161. The molecule has 2 rings (SSSR count). The normalized spacial score (nSPS) is 12.1. The Bertz CT molecular complexity index is 518. The standard InChI is InChI=1S/C15H18N2O2/c1-2-14(18)11-16-15(19)12-5-7-13(8-6-12)17-9-3-4-10-17/h3-10,14,18H,2,11H2,1H3,(H,16,19). The molecular formula is C15H18N2O2. The predicted molar refractivity (Wildman–Crippen MR) is 74.4 cm³/mol. The Kier molecular flexibility index (Phi) is 4.36. The van der Waals surface area contributed by atoms with Crippen LogP contribution in [0.15, 0.2) is 48.8 Å². The van der Waals surface area contributed by atoms with Gasteiger partial charge in [-0.25, -0.2) is 0 Å². The van der Waals surface area contributed by atoms with E-state index in [1.807, 2.05) is 48.1 Å². The lowest BCUT2D eigenvalue weighted by Crippen LogP contribution is -2.31. The summed E-state index contributed by atoms with van der Waals surface area (Å²) in [4.78, 5) is 11.8. The van der Waals surface area contributed by atoms with Gasteiger partial charge in [0.05, 0.1) is 6.10 Å². The zero-order chi connectivity index (χ0) is 13.7. The summed E-state index contributed by atoms with van der Waals surface area (Å²) in [5, 5.41) is 12.1. The van der Waals surface area contributed by atoms with E-state index in [1.165, 1.54) is 0 Å². The van der Waals surface area contributed by atoms with Crippen molar-refractivity contribution in [1.29, 1.82) is 0 Å². The van der Waals surface area contributed by atoms with Gasteiger partial charge >= 0.3 is 0 Å². The minimum atomic E-state index is -0.483. The van der Waals surface area contributed by atoms with Crippen molar-refractivity contribution in [2.75, 3.05) is 6.54 Å². The second kappa shape index (κ2) is 6.20. The fourth-order valence-corrected chi connectivity index (χ4v) is 1.75. The topological polar surface area (TPSA) is 54.3 Å². The molecule has 1 atom stereocenters. The molecule has 1 unspecified atom stereocenters. The molecule has 0 radical (unpaired) electrons. The second-order valence-corrected chi connectivity index (χ2v) is 4.41. The fraction of sp³-hybridized carbons (Fsp3) is 0.267. The van der Waals surface area contributed by atoms with Gasteiger partial charge in [0.15, 0.2) is 0 Å². The van der Waals surface area contributed by atoms with E-state index in [-0.39, 0.29) is 12.5 Å². The molecule has 0 aliphatic rings. The first-order valence-corrected chi connectivity index (χ1v) is 6.40. The van der Waals surface area contributed by atoms with E-state index in [1.54, 1.807) is 12.1 Å². The monoisotopic (exact) mass is 258 g/mol. The molecule has 1 amide bonds. The third-order valence-electron chi connectivity index (χ3n) is 3.00. The number of nitrogens with one attached hydrogen (secondary N) is 1. The van der Waals surface area contributed by atoms with Gasteiger partial charge in [0.25, 0.3) is 5.91 Å². The van der Waals surface area contributed by atoms with Crippen LogP contribution in [0.4, 0.5) is 0 Å². The number of benzene rings is 1. The minimum Gasteiger partial charge on any atom is -0.391 e. The van der Waals surface area contributed by atoms with Crippen molar-refractivity contribution in [2.45, 2.75) is 19.4 Å². The van der Waals surface area contributed by atoms with Crippen LogP contribution < -0.4 is 5.32 Å². The lowest BCUT2D eigenvalue weighted by molar-refractivity contribution is 0.0914. The Morgan fingerprint density at radius 2 is 1.89 bits per heavy atom. The number of aliphatic hydroxyl groups is 1. The highest BCUT2D eigenvalue weighted by molar-refractivity contribution is 5.94. The van der Waals surface area contributed by atoms with Crippen LogP contribution in [0.5, 0.6) is 0 Å². The van der Waals surface area contributed by atoms with Crippen LogP contribution in [0.3, 0.4) is 0 Å². The average molecular weight is 258 g/mol. The van der Waals surface area contributed by atoms with Crippen LogP contribution in [0.1, 0.15) is 23.7 Å². The first-order chi connectivity index (χ1) is 9.20. The molecule has 4 nitrogen and oxygen atoms in total. The van der Waals surface area contributed by atoms with Gasteiger partial charge in [-0.05, 0) is 42.8 Å². The van der Waals surface area contributed by atoms with Crippen LogP contribution in [0.25, 0.3) is 5.69 Å².